The third-order valence-corrected chi connectivity index (χ3v) is 4.94. The molecule has 7 heteroatoms. The lowest BCUT2D eigenvalue weighted by atomic mass is 10.0. The highest BCUT2D eigenvalue weighted by Gasteiger charge is 2.23. The van der Waals surface area contributed by atoms with Crippen molar-refractivity contribution in [3.05, 3.63) is 22.3 Å². The van der Waals surface area contributed by atoms with Gasteiger partial charge in [0.1, 0.15) is 6.04 Å². The van der Waals surface area contributed by atoms with E-state index in [0.717, 1.165) is 11.3 Å². The van der Waals surface area contributed by atoms with Crippen molar-refractivity contribution in [1.29, 1.82) is 0 Å². The zero-order valence-corrected chi connectivity index (χ0v) is 14.9. The van der Waals surface area contributed by atoms with Crippen molar-refractivity contribution in [3.63, 3.8) is 0 Å². The molecule has 2 atom stereocenters. The summed E-state index contributed by atoms with van der Waals surface area (Å²) in [5, 5.41) is 12.2. The Balaban J connectivity index is 2.26. The number of aromatic nitrogens is 3. The zero-order chi connectivity index (χ0) is 16.3. The molecule has 5 nitrogen and oxygen atoms in total. The minimum atomic E-state index is -0.406. The van der Waals surface area contributed by atoms with Crippen LogP contribution in [0.3, 0.4) is 0 Å². The Morgan fingerprint density at radius 3 is 2.77 bits per heavy atom. The van der Waals surface area contributed by atoms with Crippen molar-refractivity contribution < 1.29 is 4.79 Å². The molecule has 2 aromatic heterocycles. The second kappa shape index (κ2) is 7.19. The van der Waals surface area contributed by atoms with Gasteiger partial charge in [0, 0.05) is 6.04 Å². The zero-order valence-electron chi connectivity index (χ0n) is 13.3. The Morgan fingerprint density at radius 2 is 2.23 bits per heavy atom. The van der Waals surface area contributed by atoms with Crippen LogP contribution in [0.15, 0.2) is 17.5 Å². The molecular weight excluding hydrogens is 316 g/mol. The number of nitrogens with one attached hydrogen (secondary N) is 2. The number of carbonyl (C=O) groups excluding carboxylic acids is 1. The van der Waals surface area contributed by atoms with Gasteiger partial charge in [0.15, 0.2) is 10.6 Å². The van der Waals surface area contributed by atoms with Crippen molar-refractivity contribution in [1.82, 2.24) is 20.1 Å². The van der Waals surface area contributed by atoms with Gasteiger partial charge >= 0.3 is 0 Å². The van der Waals surface area contributed by atoms with Gasteiger partial charge in [0.2, 0.25) is 5.91 Å². The second-order valence-corrected chi connectivity index (χ2v) is 6.98. The molecule has 0 aromatic carbocycles. The number of carbonyl (C=O) groups is 1. The number of nitrogens with zero attached hydrogens (tertiary/aromatic N) is 2. The van der Waals surface area contributed by atoms with E-state index in [-0.39, 0.29) is 11.9 Å². The minimum absolute atomic E-state index is 0.0316. The molecule has 0 unspecified atom stereocenters. The smallest absolute Gasteiger partial charge is 0.243 e. The normalized spacial score (nSPS) is 14.0. The first-order valence-corrected chi connectivity index (χ1v) is 8.75. The van der Waals surface area contributed by atoms with Gasteiger partial charge in [-0.3, -0.25) is 14.5 Å². The van der Waals surface area contributed by atoms with Gasteiger partial charge in [0.25, 0.3) is 0 Å². The average Bonchev–Trinajstić information content (AvgIpc) is 3.12. The summed E-state index contributed by atoms with van der Waals surface area (Å²) in [5.74, 6) is 1.08. The molecule has 120 valence electrons. The van der Waals surface area contributed by atoms with E-state index in [4.69, 9.17) is 12.2 Å². The summed E-state index contributed by atoms with van der Waals surface area (Å²) in [6, 6.07) is 3.69. The fraction of sp³-hybridized carbons (Fsp3) is 0.533. The summed E-state index contributed by atoms with van der Waals surface area (Å²) in [6.45, 7) is 8.15. The van der Waals surface area contributed by atoms with Gasteiger partial charge in [-0.1, -0.05) is 26.8 Å². The van der Waals surface area contributed by atoms with Crippen LogP contribution < -0.4 is 5.32 Å². The number of hydrogen-bond acceptors (Lipinski definition) is 4. The quantitative estimate of drug-likeness (QED) is 0.788. The van der Waals surface area contributed by atoms with Crippen LogP contribution in [0, 0.1) is 10.7 Å². The summed E-state index contributed by atoms with van der Waals surface area (Å²) in [4.78, 5) is 13.6. The van der Waals surface area contributed by atoms with Gasteiger partial charge in [-0.05, 0) is 42.9 Å². The van der Waals surface area contributed by atoms with Crippen molar-refractivity contribution in [3.8, 4) is 10.7 Å². The molecule has 2 rings (SSSR count). The van der Waals surface area contributed by atoms with Crippen molar-refractivity contribution in [2.24, 2.45) is 5.92 Å². The van der Waals surface area contributed by atoms with Crippen LogP contribution in [0.1, 0.15) is 40.2 Å². The van der Waals surface area contributed by atoms with E-state index in [1.807, 2.05) is 24.4 Å². The van der Waals surface area contributed by atoms with Crippen LogP contribution in [-0.4, -0.2) is 26.7 Å². The maximum absolute atomic E-state index is 12.6. The highest BCUT2D eigenvalue weighted by Crippen LogP contribution is 2.25. The van der Waals surface area contributed by atoms with E-state index in [0.29, 0.717) is 16.5 Å². The summed E-state index contributed by atoms with van der Waals surface area (Å²) < 4.78 is 2.24. The Labute approximate surface area is 139 Å². The first-order valence-electron chi connectivity index (χ1n) is 7.46. The van der Waals surface area contributed by atoms with Crippen molar-refractivity contribution >= 4 is 29.5 Å². The molecule has 0 fully saturated rings. The Morgan fingerprint density at radius 1 is 1.50 bits per heavy atom. The molecule has 2 N–H and O–H groups in total. The molecule has 0 aliphatic heterocycles. The first-order chi connectivity index (χ1) is 10.5. The highest BCUT2D eigenvalue weighted by atomic mass is 32.1. The van der Waals surface area contributed by atoms with E-state index in [9.17, 15) is 4.79 Å². The Bertz CT molecular complexity index is 672. The fourth-order valence-corrected chi connectivity index (χ4v) is 3.40. The van der Waals surface area contributed by atoms with Gasteiger partial charge in [0.05, 0.1) is 4.88 Å². The highest BCUT2D eigenvalue weighted by molar-refractivity contribution is 7.71. The van der Waals surface area contributed by atoms with Crippen molar-refractivity contribution in [2.45, 2.75) is 46.2 Å². The fourth-order valence-electron chi connectivity index (χ4n) is 2.40. The number of amides is 1. The molecule has 0 bridgehead atoms. The number of thiophene rings is 1. The lowest BCUT2D eigenvalue weighted by molar-refractivity contribution is -0.124. The molecule has 2 aromatic rings. The van der Waals surface area contributed by atoms with E-state index < -0.39 is 6.04 Å². The van der Waals surface area contributed by atoms with Crippen LogP contribution in [0.5, 0.6) is 0 Å². The minimum Gasteiger partial charge on any atom is -0.351 e. The number of rotatable bonds is 6. The number of hydrogen-bond donors (Lipinski definition) is 2. The van der Waals surface area contributed by atoms with Crippen LogP contribution >= 0.6 is 23.6 Å². The van der Waals surface area contributed by atoms with Crippen LogP contribution in [-0.2, 0) is 4.79 Å². The Hall–Kier alpha value is -1.47. The molecule has 1 amide bonds. The number of aromatic amines is 1. The molecule has 0 radical (unpaired) electrons. The predicted octanol–water partition coefficient (Wildman–Crippen LogP) is 3.78. The molecule has 22 heavy (non-hydrogen) atoms. The van der Waals surface area contributed by atoms with E-state index >= 15 is 0 Å². The van der Waals surface area contributed by atoms with Crippen molar-refractivity contribution in [2.75, 3.05) is 0 Å². The molecule has 0 saturated carbocycles. The first kappa shape index (κ1) is 16.9. The maximum Gasteiger partial charge on any atom is 0.243 e. The summed E-state index contributed by atoms with van der Waals surface area (Å²) in [7, 11) is 0. The molecular formula is C15H22N4OS2. The number of H-pyrrole nitrogens is 1. The average molecular weight is 339 g/mol. The summed E-state index contributed by atoms with van der Waals surface area (Å²) >= 11 is 6.88. The Kier molecular flexibility index (Phi) is 5.52. The standard InChI is InChI=1S/C15H22N4OS2/c1-5-11(9(2)3)16-14(20)10(4)19-13(17-18-15(19)21)12-7-6-8-22-12/h6-11H,5H2,1-4H3,(H,16,20)(H,18,21)/t10-,11+/m1/s1. The SMILES string of the molecule is CC[C@H](NC(=O)[C@@H](C)n1c(-c2cccs2)n[nH]c1=S)C(C)C. The lowest BCUT2D eigenvalue weighted by Gasteiger charge is -2.23. The summed E-state index contributed by atoms with van der Waals surface area (Å²) in [5.41, 5.74) is 0. The topological polar surface area (TPSA) is 62.7 Å². The molecule has 0 aliphatic carbocycles. The molecule has 2 heterocycles. The van der Waals surface area contributed by atoms with E-state index in [1.54, 1.807) is 15.9 Å². The second-order valence-electron chi connectivity index (χ2n) is 5.64. The molecule has 0 spiro atoms. The predicted molar refractivity (Wildman–Crippen MR) is 92.5 cm³/mol. The van der Waals surface area contributed by atoms with Gasteiger partial charge < -0.3 is 5.32 Å². The maximum atomic E-state index is 12.6. The monoisotopic (exact) mass is 338 g/mol. The van der Waals surface area contributed by atoms with Crippen LogP contribution in [0.4, 0.5) is 0 Å². The molecule has 0 saturated heterocycles. The van der Waals surface area contributed by atoms with Gasteiger partial charge in [-0.25, -0.2) is 0 Å². The molecule has 0 aliphatic rings. The van der Waals surface area contributed by atoms with Gasteiger partial charge in [-0.2, -0.15) is 5.10 Å². The van der Waals surface area contributed by atoms with Gasteiger partial charge in [-0.15, -0.1) is 11.3 Å². The van der Waals surface area contributed by atoms with E-state index in [1.165, 1.54) is 0 Å². The lowest BCUT2D eigenvalue weighted by Crippen LogP contribution is -2.41. The van der Waals surface area contributed by atoms with Crippen LogP contribution in [0.2, 0.25) is 0 Å². The largest absolute Gasteiger partial charge is 0.351 e. The summed E-state index contributed by atoms with van der Waals surface area (Å²) in [6.07, 6.45) is 0.907. The van der Waals surface area contributed by atoms with E-state index in [2.05, 4.69) is 36.3 Å². The van der Waals surface area contributed by atoms with Crippen LogP contribution in [0.25, 0.3) is 10.7 Å². The third-order valence-electron chi connectivity index (χ3n) is 3.78. The third kappa shape index (κ3) is 3.47.